The Morgan fingerprint density at radius 1 is 1.17 bits per heavy atom. The molecule has 0 atom stereocenters. The Hall–Kier alpha value is -1.80. The molecule has 3 aromatic rings. The molecule has 0 fully saturated rings. The van der Waals surface area contributed by atoms with Gasteiger partial charge in [0.25, 0.3) is 0 Å². The number of hydrogen-bond acceptors (Lipinski definition) is 5. The first-order valence-corrected chi connectivity index (χ1v) is 9.33. The summed E-state index contributed by atoms with van der Waals surface area (Å²) in [6, 6.07) is 10.4. The Morgan fingerprint density at radius 2 is 2.04 bits per heavy atom. The average molecular weight is 366 g/mol. The topological polar surface area (TPSA) is 72.0 Å². The lowest BCUT2D eigenvalue weighted by atomic mass is 10.1. The van der Waals surface area contributed by atoms with Gasteiger partial charge in [0, 0.05) is 30.7 Å². The van der Waals surface area contributed by atoms with Crippen molar-refractivity contribution in [3.8, 4) is 11.3 Å². The summed E-state index contributed by atoms with van der Waals surface area (Å²) in [5.41, 5.74) is 2.43. The highest BCUT2D eigenvalue weighted by Crippen LogP contribution is 2.25. The van der Waals surface area contributed by atoms with E-state index in [1.54, 1.807) is 30.7 Å². The summed E-state index contributed by atoms with van der Waals surface area (Å²) in [5, 5.41) is 0. The lowest BCUT2D eigenvalue weighted by Gasteiger charge is -2.06. The summed E-state index contributed by atoms with van der Waals surface area (Å²) >= 11 is 6.81. The number of rotatable bonds is 5. The lowest BCUT2D eigenvalue weighted by molar-refractivity contribution is 0.583. The molecular formula is C15H12ClN3O2S2. The molecule has 0 aliphatic rings. The van der Waals surface area contributed by atoms with E-state index in [1.807, 2.05) is 18.2 Å². The van der Waals surface area contributed by atoms with Gasteiger partial charge in [-0.05, 0) is 42.0 Å². The Kier molecular flexibility index (Phi) is 4.72. The molecule has 0 saturated carbocycles. The number of thiophene rings is 1. The maximum Gasteiger partial charge on any atom is 0.250 e. The molecule has 3 rings (SSSR count). The van der Waals surface area contributed by atoms with Gasteiger partial charge in [0.15, 0.2) is 0 Å². The molecule has 0 radical (unpaired) electrons. The van der Waals surface area contributed by atoms with Crippen LogP contribution in [0.4, 0.5) is 0 Å². The Labute approximate surface area is 143 Å². The van der Waals surface area contributed by atoms with Gasteiger partial charge in [-0.3, -0.25) is 9.97 Å². The van der Waals surface area contributed by atoms with Gasteiger partial charge < -0.3 is 0 Å². The Balaban J connectivity index is 1.76. The number of hydrogen-bond donors (Lipinski definition) is 1. The van der Waals surface area contributed by atoms with Crippen molar-refractivity contribution >= 4 is 33.0 Å². The van der Waals surface area contributed by atoms with E-state index in [1.165, 1.54) is 6.07 Å². The standard InChI is InChI=1S/C15H12ClN3O2S2/c16-14-3-4-15(22-14)23(20,21)19-9-11-5-7-18-13(8-11)12-2-1-6-17-10-12/h1-8,10,19H,9H2. The third-order valence-corrected chi connectivity index (χ3v) is 6.19. The molecule has 5 nitrogen and oxygen atoms in total. The number of nitrogens with one attached hydrogen (secondary N) is 1. The van der Waals surface area contributed by atoms with Gasteiger partial charge >= 0.3 is 0 Å². The second-order valence-electron chi connectivity index (χ2n) is 4.67. The van der Waals surface area contributed by atoms with Crippen molar-refractivity contribution in [1.29, 1.82) is 0 Å². The smallest absolute Gasteiger partial charge is 0.250 e. The highest BCUT2D eigenvalue weighted by atomic mass is 35.5. The zero-order chi connectivity index (χ0) is 16.3. The number of halogens is 1. The fourth-order valence-electron chi connectivity index (χ4n) is 1.95. The summed E-state index contributed by atoms with van der Waals surface area (Å²) < 4.78 is 27.6. The summed E-state index contributed by atoms with van der Waals surface area (Å²) in [7, 11) is -3.56. The molecule has 0 unspecified atom stereocenters. The van der Waals surface area contributed by atoms with Gasteiger partial charge in [-0.25, -0.2) is 13.1 Å². The molecule has 0 aliphatic carbocycles. The van der Waals surface area contributed by atoms with Crippen molar-refractivity contribution in [2.24, 2.45) is 0 Å². The van der Waals surface area contributed by atoms with E-state index in [4.69, 9.17) is 11.6 Å². The molecule has 23 heavy (non-hydrogen) atoms. The molecule has 1 N–H and O–H groups in total. The molecule has 3 aromatic heterocycles. The maximum absolute atomic E-state index is 12.2. The predicted octanol–water partition coefficient (Wildman–Crippen LogP) is 3.34. The van der Waals surface area contributed by atoms with Gasteiger partial charge in [0.1, 0.15) is 4.21 Å². The van der Waals surface area contributed by atoms with Gasteiger partial charge in [0.2, 0.25) is 10.0 Å². The first-order valence-electron chi connectivity index (χ1n) is 6.65. The maximum atomic E-state index is 12.2. The molecule has 0 aliphatic heterocycles. The highest BCUT2D eigenvalue weighted by molar-refractivity contribution is 7.91. The molecule has 0 spiro atoms. The van der Waals surface area contributed by atoms with Crippen LogP contribution in [-0.2, 0) is 16.6 Å². The van der Waals surface area contributed by atoms with Gasteiger partial charge in [-0.15, -0.1) is 11.3 Å². The van der Waals surface area contributed by atoms with Crippen LogP contribution in [0.1, 0.15) is 5.56 Å². The Morgan fingerprint density at radius 3 is 2.74 bits per heavy atom. The molecule has 0 saturated heterocycles. The monoisotopic (exact) mass is 365 g/mol. The lowest BCUT2D eigenvalue weighted by Crippen LogP contribution is -2.22. The van der Waals surface area contributed by atoms with Crippen LogP contribution in [0, 0.1) is 0 Å². The number of nitrogens with zero attached hydrogens (tertiary/aromatic N) is 2. The van der Waals surface area contributed by atoms with E-state index in [9.17, 15) is 8.42 Å². The fourth-order valence-corrected chi connectivity index (χ4v) is 4.49. The van der Waals surface area contributed by atoms with Crippen LogP contribution in [0.5, 0.6) is 0 Å². The van der Waals surface area contributed by atoms with E-state index in [0.29, 0.717) is 4.34 Å². The minimum atomic E-state index is -3.56. The van der Waals surface area contributed by atoms with Crippen molar-refractivity contribution in [2.75, 3.05) is 0 Å². The molecule has 0 amide bonds. The van der Waals surface area contributed by atoms with Crippen molar-refractivity contribution < 1.29 is 8.42 Å². The van der Waals surface area contributed by atoms with E-state index >= 15 is 0 Å². The minimum Gasteiger partial charge on any atom is -0.264 e. The molecule has 118 valence electrons. The number of sulfonamides is 1. The molecule has 8 heteroatoms. The zero-order valence-corrected chi connectivity index (χ0v) is 14.2. The van der Waals surface area contributed by atoms with Crippen molar-refractivity contribution in [1.82, 2.24) is 14.7 Å². The first kappa shape index (κ1) is 16.1. The van der Waals surface area contributed by atoms with Gasteiger partial charge in [0.05, 0.1) is 10.0 Å². The van der Waals surface area contributed by atoms with Crippen LogP contribution in [0.3, 0.4) is 0 Å². The summed E-state index contributed by atoms with van der Waals surface area (Å²) in [5.74, 6) is 0. The summed E-state index contributed by atoms with van der Waals surface area (Å²) in [6.45, 7) is 0.174. The molecule has 3 heterocycles. The third kappa shape index (κ3) is 3.94. The van der Waals surface area contributed by atoms with E-state index in [-0.39, 0.29) is 10.8 Å². The second kappa shape index (κ2) is 6.76. The predicted molar refractivity (Wildman–Crippen MR) is 90.8 cm³/mol. The van der Waals surface area contributed by atoms with Crippen LogP contribution in [0.25, 0.3) is 11.3 Å². The van der Waals surface area contributed by atoms with Crippen molar-refractivity contribution in [3.05, 3.63) is 64.9 Å². The number of pyridine rings is 2. The van der Waals surface area contributed by atoms with Gasteiger partial charge in [-0.2, -0.15) is 0 Å². The highest BCUT2D eigenvalue weighted by Gasteiger charge is 2.16. The van der Waals surface area contributed by atoms with Crippen molar-refractivity contribution in [2.45, 2.75) is 10.8 Å². The minimum absolute atomic E-state index is 0.174. The first-order chi connectivity index (χ1) is 11.0. The number of aromatic nitrogens is 2. The van der Waals surface area contributed by atoms with Crippen LogP contribution in [0.15, 0.2) is 59.2 Å². The molecule has 0 aromatic carbocycles. The largest absolute Gasteiger partial charge is 0.264 e. The molecular weight excluding hydrogens is 354 g/mol. The molecule has 0 bridgehead atoms. The average Bonchev–Trinajstić information content (AvgIpc) is 3.02. The van der Waals surface area contributed by atoms with Gasteiger partial charge in [-0.1, -0.05) is 11.6 Å². The third-order valence-electron chi connectivity index (χ3n) is 3.06. The Bertz CT molecular complexity index is 911. The summed E-state index contributed by atoms with van der Waals surface area (Å²) in [6.07, 6.45) is 5.05. The van der Waals surface area contributed by atoms with Crippen LogP contribution in [0.2, 0.25) is 4.34 Å². The van der Waals surface area contributed by atoms with E-state index < -0.39 is 10.0 Å². The second-order valence-corrected chi connectivity index (χ2v) is 8.38. The fraction of sp³-hybridized carbons (Fsp3) is 0.0667. The van der Waals surface area contributed by atoms with Crippen molar-refractivity contribution in [3.63, 3.8) is 0 Å². The SMILES string of the molecule is O=S(=O)(NCc1ccnc(-c2cccnc2)c1)c1ccc(Cl)s1. The summed E-state index contributed by atoms with van der Waals surface area (Å²) in [4.78, 5) is 8.34. The van der Waals surface area contributed by atoms with E-state index in [0.717, 1.165) is 28.2 Å². The van der Waals surface area contributed by atoms with Crippen LogP contribution in [-0.4, -0.2) is 18.4 Å². The van der Waals surface area contributed by atoms with Crippen LogP contribution < -0.4 is 4.72 Å². The zero-order valence-electron chi connectivity index (χ0n) is 11.8. The normalized spacial score (nSPS) is 11.5. The van der Waals surface area contributed by atoms with Crippen LogP contribution >= 0.6 is 22.9 Å². The van der Waals surface area contributed by atoms with E-state index in [2.05, 4.69) is 14.7 Å². The quantitative estimate of drug-likeness (QED) is 0.752.